The lowest BCUT2D eigenvalue weighted by atomic mass is 10.0. The Morgan fingerprint density at radius 3 is 2.54 bits per heavy atom. The van der Waals surface area contributed by atoms with E-state index in [-0.39, 0.29) is 30.8 Å². The SMILES string of the molecule is CC(C)[C@@H](NC(=O)CCNC(=O)OC(C)(C)C)c1nc2ccccc2[nH]1. The number of benzene rings is 1. The van der Waals surface area contributed by atoms with E-state index in [2.05, 4.69) is 20.6 Å². The number of para-hydroxylation sites is 2. The van der Waals surface area contributed by atoms with Crippen LogP contribution in [0.3, 0.4) is 0 Å². The average Bonchev–Trinajstić information content (AvgIpc) is 2.94. The van der Waals surface area contributed by atoms with Crippen molar-refractivity contribution in [2.45, 2.75) is 52.7 Å². The number of nitrogens with zero attached hydrogens (tertiary/aromatic N) is 1. The summed E-state index contributed by atoms with van der Waals surface area (Å²) in [5, 5.41) is 5.58. The molecule has 1 aromatic heterocycles. The summed E-state index contributed by atoms with van der Waals surface area (Å²) >= 11 is 0. The fraction of sp³-hybridized carbons (Fsp3) is 0.526. The number of carbonyl (C=O) groups excluding carboxylic acids is 2. The molecule has 0 aliphatic heterocycles. The van der Waals surface area contributed by atoms with E-state index in [1.54, 1.807) is 20.8 Å². The van der Waals surface area contributed by atoms with Gasteiger partial charge in [-0.2, -0.15) is 0 Å². The summed E-state index contributed by atoms with van der Waals surface area (Å²) in [5.41, 5.74) is 1.25. The van der Waals surface area contributed by atoms with E-state index in [0.29, 0.717) is 0 Å². The minimum atomic E-state index is -0.559. The number of H-pyrrole nitrogens is 1. The van der Waals surface area contributed by atoms with E-state index in [1.807, 2.05) is 38.1 Å². The van der Waals surface area contributed by atoms with Crippen LogP contribution in [0.1, 0.15) is 52.9 Å². The van der Waals surface area contributed by atoms with E-state index in [9.17, 15) is 9.59 Å². The van der Waals surface area contributed by atoms with E-state index in [0.717, 1.165) is 16.9 Å². The molecule has 2 amide bonds. The highest BCUT2D eigenvalue weighted by Crippen LogP contribution is 2.22. The molecule has 1 aromatic carbocycles. The summed E-state index contributed by atoms with van der Waals surface area (Å²) in [7, 11) is 0. The van der Waals surface area contributed by atoms with Crippen LogP contribution >= 0.6 is 0 Å². The maximum absolute atomic E-state index is 12.3. The highest BCUT2D eigenvalue weighted by Gasteiger charge is 2.22. The zero-order chi connectivity index (χ0) is 19.3. The second-order valence-electron chi connectivity index (χ2n) is 7.61. The van der Waals surface area contributed by atoms with Gasteiger partial charge in [0.15, 0.2) is 0 Å². The summed E-state index contributed by atoms with van der Waals surface area (Å²) in [4.78, 5) is 31.7. The molecule has 2 rings (SSSR count). The van der Waals surface area contributed by atoms with E-state index in [1.165, 1.54) is 0 Å². The van der Waals surface area contributed by atoms with Gasteiger partial charge in [0.05, 0.1) is 17.1 Å². The van der Waals surface area contributed by atoms with Gasteiger partial charge >= 0.3 is 6.09 Å². The third kappa shape index (κ3) is 5.75. The number of carbonyl (C=O) groups is 2. The number of ether oxygens (including phenoxy) is 1. The minimum Gasteiger partial charge on any atom is -0.444 e. The number of aromatic amines is 1. The van der Waals surface area contributed by atoms with Gasteiger partial charge in [-0.1, -0.05) is 26.0 Å². The summed E-state index contributed by atoms with van der Waals surface area (Å²) in [6, 6.07) is 7.53. The zero-order valence-electron chi connectivity index (χ0n) is 16.1. The maximum Gasteiger partial charge on any atom is 0.407 e. The lowest BCUT2D eigenvalue weighted by molar-refractivity contribution is -0.122. The van der Waals surface area contributed by atoms with E-state index >= 15 is 0 Å². The number of imidazole rings is 1. The van der Waals surface area contributed by atoms with Crippen molar-refractivity contribution in [3.63, 3.8) is 0 Å². The molecule has 0 fully saturated rings. The van der Waals surface area contributed by atoms with Crippen LogP contribution in [0.4, 0.5) is 4.79 Å². The van der Waals surface area contributed by atoms with Gasteiger partial charge in [0, 0.05) is 13.0 Å². The Kier molecular flexibility index (Phi) is 6.23. The Labute approximate surface area is 153 Å². The Morgan fingerprint density at radius 1 is 1.23 bits per heavy atom. The third-order valence-electron chi connectivity index (χ3n) is 3.71. The predicted molar refractivity (Wildman–Crippen MR) is 101 cm³/mol. The maximum atomic E-state index is 12.3. The first-order chi connectivity index (χ1) is 12.2. The van der Waals surface area contributed by atoms with Crippen LogP contribution in [0.5, 0.6) is 0 Å². The quantitative estimate of drug-likeness (QED) is 0.736. The molecule has 0 saturated carbocycles. The fourth-order valence-electron chi connectivity index (χ4n) is 2.51. The first-order valence-corrected chi connectivity index (χ1v) is 8.86. The molecular formula is C19H28N4O3. The lowest BCUT2D eigenvalue weighted by Gasteiger charge is -2.21. The van der Waals surface area contributed by atoms with Gasteiger partial charge in [0.1, 0.15) is 11.4 Å². The van der Waals surface area contributed by atoms with Gasteiger partial charge in [-0.05, 0) is 38.8 Å². The molecule has 0 saturated heterocycles. The van der Waals surface area contributed by atoms with Crippen molar-refractivity contribution < 1.29 is 14.3 Å². The number of hydrogen-bond donors (Lipinski definition) is 3. The normalized spacial score (nSPS) is 12.8. The molecule has 7 heteroatoms. The Hall–Kier alpha value is -2.57. The first-order valence-electron chi connectivity index (χ1n) is 8.86. The second-order valence-corrected chi connectivity index (χ2v) is 7.61. The van der Waals surface area contributed by atoms with Crippen LogP contribution < -0.4 is 10.6 Å². The van der Waals surface area contributed by atoms with Crippen LogP contribution in [0.15, 0.2) is 24.3 Å². The number of rotatable bonds is 6. The molecule has 3 N–H and O–H groups in total. The van der Waals surface area contributed by atoms with Crippen LogP contribution in [-0.2, 0) is 9.53 Å². The monoisotopic (exact) mass is 360 g/mol. The molecule has 7 nitrogen and oxygen atoms in total. The van der Waals surface area contributed by atoms with Crippen molar-refractivity contribution in [3.05, 3.63) is 30.1 Å². The molecule has 0 spiro atoms. The summed E-state index contributed by atoms with van der Waals surface area (Å²) in [6.07, 6.45) is -0.356. The Morgan fingerprint density at radius 2 is 1.92 bits per heavy atom. The second kappa shape index (κ2) is 8.21. The van der Waals surface area contributed by atoms with Gasteiger partial charge in [0.2, 0.25) is 5.91 Å². The molecule has 0 aliphatic carbocycles. The van der Waals surface area contributed by atoms with Crippen molar-refractivity contribution in [1.29, 1.82) is 0 Å². The van der Waals surface area contributed by atoms with Crippen LogP contribution in [0, 0.1) is 5.92 Å². The van der Waals surface area contributed by atoms with Gasteiger partial charge in [-0.3, -0.25) is 4.79 Å². The first kappa shape index (κ1) is 19.8. The molecule has 0 radical (unpaired) electrons. The fourth-order valence-corrected chi connectivity index (χ4v) is 2.51. The van der Waals surface area contributed by atoms with Crippen molar-refractivity contribution in [2.75, 3.05) is 6.54 Å². The third-order valence-corrected chi connectivity index (χ3v) is 3.71. The number of nitrogens with one attached hydrogen (secondary N) is 3. The number of fused-ring (bicyclic) bond motifs is 1. The number of alkyl carbamates (subject to hydrolysis) is 1. The molecular weight excluding hydrogens is 332 g/mol. The standard InChI is InChI=1S/C19H28N4O3/c1-12(2)16(17-21-13-8-6-7-9-14(13)22-17)23-15(24)10-11-20-18(25)26-19(3,4)5/h6-9,12,16H,10-11H2,1-5H3,(H,20,25)(H,21,22)(H,23,24)/t16-/m1/s1. The van der Waals surface area contributed by atoms with E-state index in [4.69, 9.17) is 4.74 Å². The summed E-state index contributed by atoms with van der Waals surface area (Å²) < 4.78 is 5.15. The molecule has 2 aromatic rings. The van der Waals surface area contributed by atoms with E-state index < -0.39 is 11.7 Å². The molecule has 142 valence electrons. The average molecular weight is 360 g/mol. The van der Waals surface area contributed by atoms with Crippen LogP contribution in [0.25, 0.3) is 11.0 Å². The van der Waals surface area contributed by atoms with Gasteiger partial charge in [-0.15, -0.1) is 0 Å². The number of hydrogen-bond acceptors (Lipinski definition) is 4. The molecule has 26 heavy (non-hydrogen) atoms. The Bertz CT molecular complexity index is 728. The predicted octanol–water partition coefficient (Wildman–Crippen LogP) is 3.29. The number of aromatic nitrogens is 2. The smallest absolute Gasteiger partial charge is 0.407 e. The van der Waals surface area contributed by atoms with Crippen molar-refractivity contribution in [1.82, 2.24) is 20.6 Å². The van der Waals surface area contributed by atoms with Gasteiger partial charge < -0.3 is 20.4 Å². The molecule has 0 bridgehead atoms. The molecule has 1 atom stereocenters. The van der Waals surface area contributed by atoms with Crippen LogP contribution in [-0.4, -0.2) is 34.1 Å². The molecule has 0 aliphatic rings. The summed E-state index contributed by atoms with van der Waals surface area (Å²) in [6.45, 7) is 9.64. The lowest BCUT2D eigenvalue weighted by Crippen LogP contribution is -2.37. The number of amides is 2. The topological polar surface area (TPSA) is 96.1 Å². The minimum absolute atomic E-state index is 0.153. The van der Waals surface area contributed by atoms with Gasteiger partial charge in [-0.25, -0.2) is 9.78 Å². The zero-order valence-corrected chi connectivity index (χ0v) is 16.1. The molecule has 1 heterocycles. The molecule has 0 unspecified atom stereocenters. The Balaban J connectivity index is 1.91. The van der Waals surface area contributed by atoms with Crippen molar-refractivity contribution in [3.8, 4) is 0 Å². The van der Waals surface area contributed by atoms with Crippen molar-refractivity contribution >= 4 is 23.0 Å². The van der Waals surface area contributed by atoms with Gasteiger partial charge in [0.25, 0.3) is 0 Å². The summed E-state index contributed by atoms with van der Waals surface area (Å²) in [5.74, 6) is 0.744. The largest absolute Gasteiger partial charge is 0.444 e. The highest BCUT2D eigenvalue weighted by atomic mass is 16.6. The van der Waals surface area contributed by atoms with Crippen LogP contribution in [0.2, 0.25) is 0 Å². The van der Waals surface area contributed by atoms with Crippen molar-refractivity contribution in [2.24, 2.45) is 5.92 Å². The highest BCUT2D eigenvalue weighted by molar-refractivity contribution is 5.78.